The molecule has 0 spiro atoms. The Morgan fingerprint density at radius 2 is 1.65 bits per heavy atom. The first-order valence-electron chi connectivity index (χ1n) is 9.62. The van der Waals surface area contributed by atoms with Gasteiger partial charge in [0.2, 0.25) is 0 Å². The standard InChI is InChI=1S/C22H23N5O4/c1-13-5-10-19(14(2)11-13)22(29)24-23-21(28)18-8-6-17(7-9-18)12-26-16(4)20(27(30)31)15(3)25-26/h5-11H,12H2,1-4H3,(H,23,28)(H,24,29). The van der Waals surface area contributed by atoms with E-state index in [0.29, 0.717) is 29.1 Å². The van der Waals surface area contributed by atoms with E-state index in [4.69, 9.17) is 0 Å². The molecule has 3 rings (SSSR count). The molecule has 0 fully saturated rings. The van der Waals surface area contributed by atoms with Crippen LogP contribution in [0.15, 0.2) is 42.5 Å². The molecule has 0 saturated heterocycles. The van der Waals surface area contributed by atoms with Crippen LogP contribution in [-0.4, -0.2) is 26.5 Å². The Labute approximate surface area is 179 Å². The van der Waals surface area contributed by atoms with E-state index in [0.717, 1.165) is 16.7 Å². The SMILES string of the molecule is Cc1ccc(C(=O)NNC(=O)c2ccc(Cn3nc(C)c([N+](=O)[O-])c3C)cc2)c(C)c1. The Hall–Kier alpha value is -4.01. The zero-order chi connectivity index (χ0) is 22.7. The van der Waals surface area contributed by atoms with Crippen LogP contribution in [0.2, 0.25) is 0 Å². The quantitative estimate of drug-likeness (QED) is 0.484. The molecular weight excluding hydrogens is 398 g/mol. The summed E-state index contributed by atoms with van der Waals surface area (Å²) in [5, 5.41) is 15.4. The van der Waals surface area contributed by atoms with Crippen molar-refractivity contribution >= 4 is 17.5 Å². The van der Waals surface area contributed by atoms with Crippen LogP contribution in [-0.2, 0) is 6.54 Å². The third-order valence-electron chi connectivity index (χ3n) is 4.99. The van der Waals surface area contributed by atoms with Crippen molar-refractivity contribution in [2.45, 2.75) is 34.2 Å². The Morgan fingerprint density at radius 1 is 1.00 bits per heavy atom. The van der Waals surface area contributed by atoms with E-state index in [2.05, 4.69) is 16.0 Å². The van der Waals surface area contributed by atoms with Gasteiger partial charge in [0, 0.05) is 11.1 Å². The number of hydrogen-bond acceptors (Lipinski definition) is 5. The van der Waals surface area contributed by atoms with Crippen LogP contribution in [0, 0.1) is 37.8 Å². The molecule has 0 radical (unpaired) electrons. The Balaban J connectivity index is 1.63. The van der Waals surface area contributed by atoms with Crippen LogP contribution in [0.5, 0.6) is 0 Å². The molecule has 2 aromatic carbocycles. The average molecular weight is 421 g/mol. The topological polar surface area (TPSA) is 119 Å². The summed E-state index contributed by atoms with van der Waals surface area (Å²) >= 11 is 0. The summed E-state index contributed by atoms with van der Waals surface area (Å²) in [6.45, 7) is 7.36. The van der Waals surface area contributed by atoms with Gasteiger partial charge in [-0.2, -0.15) is 5.10 Å². The van der Waals surface area contributed by atoms with Crippen molar-refractivity contribution in [2.75, 3.05) is 0 Å². The zero-order valence-electron chi connectivity index (χ0n) is 17.7. The van der Waals surface area contributed by atoms with Crippen LogP contribution >= 0.6 is 0 Å². The molecule has 9 nitrogen and oxygen atoms in total. The number of aryl methyl sites for hydroxylation is 3. The second-order valence-electron chi connectivity index (χ2n) is 7.36. The highest BCUT2D eigenvalue weighted by molar-refractivity contribution is 5.99. The molecule has 2 amide bonds. The number of carbonyl (C=O) groups excluding carboxylic acids is 2. The highest BCUT2D eigenvalue weighted by atomic mass is 16.6. The number of hydrogen-bond donors (Lipinski definition) is 2. The molecule has 0 bridgehead atoms. The minimum Gasteiger partial charge on any atom is -0.267 e. The summed E-state index contributed by atoms with van der Waals surface area (Å²) in [6.07, 6.45) is 0. The molecule has 160 valence electrons. The molecule has 1 aromatic heterocycles. The number of benzene rings is 2. The number of rotatable bonds is 5. The maximum atomic E-state index is 12.3. The molecule has 3 aromatic rings. The van der Waals surface area contributed by atoms with Crippen molar-refractivity contribution < 1.29 is 14.5 Å². The summed E-state index contributed by atoms with van der Waals surface area (Å²) in [5.41, 5.74) is 9.22. The van der Waals surface area contributed by atoms with E-state index in [1.54, 1.807) is 48.9 Å². The number of nitrogens with one attached hydrogen (secondary N) is 2. The Bertz CT molecular complexity index is 1170. The average Bonchev–Trinajstić information content (AvgIpc) is 2.99. The van der Waals surface area contributed by atoms with Gasteiger partial charge in [0.1, 0.15) is 11.4 Å². The number of hydrazine groups is 1. The van der Waals surface area contributed by atoms with Crippen LogP contribution in [0.3, 0.4) is 0 Å². The smallest absolute Gasteiger partial charge is 0.267 e. The maximum Gasteiger partial charge on any atom is 0.312 e. The molecule has 31 heavy (non-hydrogen) atoms. The monoisotopic (exact) mass is 421 g/mol. The van der Waals surface area contributed by atoms with Gasteiger partial charge in [0.15, 0.2) is 0 Å². The third kappa shape index (κ3) is 4.77. The summed E-state index contributed by atoms with van der Waals surface area (Å²) in [5.74, 6) is -0.847. The van der Waals surface area contributed by atoms with Gasteiger partial charge >= 0.3 is 5.69 Å². The van der Waals surface area contributed by atoms with E-state index >= 15 is 0 Å². The predicted molar refractivity (Wildman–Crippen MR) is 115 cm³/mol. The molecule has 0 aliphatic carbocycles. The molecule has 0 aliphatic rings. The third-order valence-corrected chi connectivity index (χ3v) is 4.99. The minimum atomic E-state index is -0.452. The highest BCUT2D eigenvalue weighted by Gasteiger charge is 2.21. The molecule has 0 saturated carbocycles. The number of aromatic nitrogens is 2. The van der Waals surface area contributed by atoms with Crippen LogP contribution in [0.4, 0.5) is 5.69 Å². The van der Waals surface area contributed by atoms with Gasteiger partial charge in [-0.25, -0.2) is 0 Å². The molecule has 1 heterocycles. The Kier molecular flexibility index (Phi) is 6.15. The van der Waals surface area contributed by atoms with E-state index in [1.165, 1.54) is 0 Å². The number of nitro groups is 1. The first-order valence-corrected chi connectivity index (χ1v) is 9.62. The van der Waals surface area contributed by atoms with Gasteiger partial charge in [-0.05, 0) is 57.0 Å². The Morgan fingerprint density at radius 3 is 2.23 bits per heavy atom. The van der Waals surface area contributed by atoms with Crippen molar-refractivity contribution in [1.29, 1.82) is 0 Å². The summed E-state index contributed by atoms with van der Waals surface area (Å²) < 4.78 is 1.56. The molecule has 0 unspecified atom stereocenters. The predicted octanol–water partition coefficient (Wildman–Crippen LogP) is 3.15. The maximum absolute atomic E-state index is 12.3. The fraction of sp³-hybridized carbons (Fsp3) is 0.227. The lowest BCUT2D eigenvalue weighted by molar-refractivity contribution is -0.386. The van der Waals surface area contributed by atoms with Gasteiger partial charge in [-0.1, -0.05) is 29.8 Å². The molecule has 9 heteroatoms. The van der Waals surface area contributed by atoms with Gasteiger partial charge in [-0.3, -0.25) is 35.2 Å². The second-order valence-corrected chi connectivity index (χ2v) is 7.36. The van der Waals surface area contributed by atoms with E-state index in [-0.39, 0.29) is 5.69 Å². The normalized spacial score (nSPS) is 10.6. The van der Waals surface area contributed by atoms with Gasteiger partial charge < -0.3 is 0 Å². The van der Waals surface area contributed by atoms with Crippen LogP contribution < -0.4 is 10.9 Å². The molecule has 2 N–H and O–H groups in total. The molecular formula is C22H23N5O4. The van der Waals surface area contributed by atoms with E-state index in [1.807, 2.05) is 26.0 Å². The fourth-order valence-corrected chi connectivity index (χ4v) is 3.36. The number of nitrogens with zero attached hydrogens (tertiary/aromatic N) is 3. The van der Waals surface area contributed by atoms with Crippen LogP contribution in [0.25, 0.3) is 0 Å². The van der Waals surface area contributed by atoms with Crippen molar-refractivity contribution in [3.63, 3.8) is 0 Å². The van der Waals surface area contributed by atoms with Gasteiger partial charge in [0.05, 0.1) is 11.5 Å². The number of carbonyl (C=O) groups is 2. The van der Waals surface area contributed by atoms with E-state index < -0.39 is 16.7 Å². The van der Waals surface area contributed by atoms with Gasteiger partial charge in [-0.15, -0.1) is 0 Å². The molecule has 0 atom stereocenters. The first kappa shape index (κ1) is 21.7. The van der Waals surface area contributed by atoms with Crippen molar-refractivity contribution in [1.82, 2.24) is 20.6 Å². The number of amides is 2. The summed E-state index contributed by atoms with van der Waals surface area (Å²) in [4.78, 5) is 35.3. The fourth-order valence-electron chi connectivity index (χ4n) is 3.36. The summed E-state index contributed by atoms with van der Waals surface area (Å²) in [6, 6.07) is 12.2. The zero-order valence-corrected chi connectivity index (χ0v) is 17.7. The van der Waals surface area contributed by atoms with Gasteiger partial charge in [0.25, 0.3) is 11.8 Å². The second kappa shape index (κ2) is 8.78. The lowest BCUT2D eigenvalue weighted by atomic mass is 10.1. The van der Waals surface area contributed by atoms with Crippen molar-refractivity contribution in [3.05, 3.63) is 91.8 Å². The highest BCUT2D eigenvalue weighted by Crippen LogP contribution is 2.22. The minimum absolute atomic E-state index is 0.00977. The van der Waals surface area contributed by atoms with Crippen LogP contribution in [0.1, 0.15) is 48.8 Å². The van der Waals surface area contributed by atoms with Crippen molar-refractivity contribution in [2.24, 2.45) is 0 Å². The van der Waals surface area contributed by atoms with E-state index in [9.17, 15) is 19.7 Å². The largest absolute Gasteiger partial charge is 0.312 e. The van der Waals surface area contributed by atoms with Crippen molar-refractivity contribution in [3.8, 4) is 0 Å². The first-order chi connectivity index (χ1) is 14.7. The summed E-state index contributed by atoms with van der Waals surface area (Å²) in [7, 11) is 0. The lowest BCUT2D eigenvalue weighted by Crippen LogP contribution is -2.41. The molecule has 0 aliphatic heterocycles. The lowest BCUT2D eigenvalue weighted by Gasteiger charge is -2.10.